The average molecular weight is 383 g/mol. The Morgan fingerprint density at radius 2 is 1.93 bits per heavy atom. The topological polar surface area (TPSA) is 92.5 Å². The number of aromatic carboxylic acids is 1. The van der Waals surface area contributed by atoms with Crippen LogP contribution in [0.5, 0.6) is 0 Å². The molecule has 28 heavy (non-hydrogen) atoms. The van der Waals surface area contributed by atoms with Crippen molar-refractivity contribution < 1.29 is 19.5 Å². The first-order valence-corrected chi connectivity index (χ1v) is 9.44. The zero-order valence-corrected chi connectivity index (χ0v) is 16.4. The number of carboxylic acids is 1. The summed E-state index contributed by atoms with van der Waals surface area (Å²) >= 11 is 0. The molecule has 1 saturated heterocycles. The molecule has 1 amide bonds. The van der Waals surface area contributed by atoms with Crippen LogP contribution in [0.1, 0.15) is 63.4 Å². The van der Waals surface area contributed by atoms with E-state index in [1.807, 2.05) is 19.1 Å². The smallest absolute Gasteiger partial charge is 0.335 e. The number of carbonyl (C=O) groups excluding carboxylic acids is 2. The van der Waals surface area contributed by atoms with E-state index in [1.54, 1.807) is 28.6 Å². The number of nitrogens with zero attached hydrogens (tertiary/aromatic N) is 3. The van der Waals surface area contributed by atoms with E-state index < -0.39 is 5.97 Å². The summed E-state index contributed by atoms with van der Waals surface area (Å²) < 4.78 is 1.72. The van der Waals surface area contributed by atoms with Crippen molar-refractivity contribution in [2.75, 3.05) is 13.1 Å². The maximum Gasteiger partial charge on any atom is 0.335 e. The molecule has 3 rings (SSSR count). The summed E-state index contributed by atoms with van der Waals surface area (Å²) in [4.78, 5) is 37.6. The zero-order chi connectivity index (χ0) is 20.4. The Labute approximate surface area is 164 Å². The molecule has 7 heteroatoms. The highest BCUT2D eigenvalue weighted by molar-refractivity contribution is 5.96. The molecule has 0 bridgehead atoms. The van der Waals surface area contributed by atoms with Gasteiger partial charge in [-0.05, 0) is 38.8 Å². The first kappa shape index (κ1) is 19.8. The molecule has 1 fully saturated rings. The molecular formula is C21H25N3O4. The van der Waals surface area contributed by atoms with Crippen LogP contribution in [-0.2, 0) is 11.3 Å². The van der Waals surface area contributed by atoms with Crippen molar-refractivity contribution in [2.24, 2.45) is 0 Å². The maximum atomic E-state index is 12.7. The number of aryl methyl sites for hydroxylation is 2. The lowest BCUT2D eigenvalue weighted by molar-refractivity contribution is -0.130. The number of aromatic nitrogens is 2. The Balaban J connectivity index is 1.64. The molecule has 0 saturated carbocycles. The molecule has 1 aromatic heterocycles. The van der Waals surface area contributed by atoms with E-state index in [1.165, 1.54) is 6.92 Å². The fourth-order valence-corrected chi connectivity index (χ4v) is 4.07. The predicted octanol–water partition coefficient (Wildman–Crippen LogP) is 2.81. The fraction of sp³-hybridized carbons (Fsp3) is 0.429. The number of hydrogen-bond acceptors (Lipinski definition) is 4. The first-order valence-electron chi connectivity index (χ1n) is 9.44. The minimum atomic E-state index is -0.939. The average Bonchev–Trinajstić information content (AvgIpc) is 3.24. The van der Waals surface area contributed by atoms with Gasteiger partial charge < -0.3 is 10.0 Å². The van der Waals surface area contributed by atoms with Crippen LogP contribution >= 0.6 is 0 Å². The Hall–Kier alpha value is -2.96. The number of carboxylic acid groups (broad SMARTS) is 1. The Bertz CT molecular complexity index is 932. The number of likely N-dealkylation sites (tertiary alicyclic amines) is 1. The molecule has 1 aliphatic heterocycles. The Morgan fingerprint density at radius 1 is 1.21 bits per heavy atom. The summed E-state index contributed by atoms with van der Waals surface area (Å²) in [5.74, 6) is -0.903. The lowest BCUT2D eigenvalue weighted by atomic mass is 9.93. The van der Waals surface area contributed by atoms with Crippen molar-refractivity contribution in [1.82, 2.24) is 14.7 Å². The van der Waals surface area contributed by atoms with Gasteiger partial charge in [0.25, 0.3) is 0 Å². The number of rotatable bonds is 6. The molecule has 0 radical (unpaired) electrons. The highest BCUT2D eigenvalue weighted by atomic mass is 16.4. The van der Waals surface area contributed by atoms with Gasteiger partial charge in [0.2, 0.25) is 5.91 Å². The van der Waals surface area contributed by atoms with E-state index in [2.05, 4.69) is 5.10 Å². The lowest BCUT2D eigenvalue weighted by Crippen LogP contribution is -2.29. The summed E-state index contributed by atoms with van der Waals surface area (Å²) in [6.45, 7) is 6.73. The van der Waals surface area contributed by atoms with Gasteiger partial charge in [-0.1, -0.05) is 18.2 Å². The number of Topliss-reactive ketones (excluding diaryl/α,β-unsaturated/α-hetero) is 1. The van der Waals surface area contributed by atoms with Gasteiger partial charge >= 0.3 is 5.97 Å². The second kappa shape index (κ2) is 7.96. The van der Waals surface area contributed by atoms with Gasteiger partial charge in [0.1, 0.15) is 0 Å². The van der Waals surface area contributed by atoms with Crippen LogP contribution in [0.2, 0.25) is 0 Å². The van der Waals surface area contributed by atoms with Crippen molar-refractivity contribution in [3.05, 3.63) is 52.3 Å². The third-order valence-corrected chi connectivity index (χ3v) is 5.44. The standard InChI is InChI=1S/C21H25N3O4/c1-13-20(15(3)25)14(2)24(22-13)11-9-19(26)23-10-8-16(12-23)17-6-4-5-7-18(17)21(27)28/h4-7,16H,8-12H2,1-3H3,(H,27,28)/t16-/m1/s1. The Kier molecular flexibility index (Phi) is 5.63. The minimum Gasteiger partial charge on any atom is -0.478 e. The molecule has 0 aliphatic carbocycles. The van der Waals surface area contributed by atoms with Crippen molar-refractivity contribution >= 4 is 17.7 Å². The predicted molar refractivity (Wildman–Crippen MR) is 104 cm³/mol. The molecule has 0 spiro atoms. The van der Waals surface area contributed by atoms with E-state index in [0.717, 1.165) is 17.7 Å². The van der Waals surface area contributed by atoms with Crippen LogP contribution in [0.25, 0.3) is 0 Å². The fourth-order valence-electron chi connectivity index (χ4n) is 4.07. The highest BCUT2D eigenvalue weighted by Crippen LogP contribution is 2.30. The molecule has 2 aromatic rings. The van der Waals surface area contributed by atoms with E-state index >= 15 is 0 Å². The van der Waals surface area contributed by atoms with Crippen LogP contribution in [0.15, 0.2) is 24.3 Å². The van der Waals surface area contributed by atoms with Gasteiger partial charge in [0.15, 0.2) is 5.78 Å². The molecule has 1 N–H and O–H groups in total. The molecule has 1 aromatic carbocycles. The van der Waals surface area contributed by atoms with E-state index in [-0.39, 0.29) is 17.6 Å². The number of amides is 1. The monoisotopic (exact) mass is 383 g/mol. The van der Waals surface area contributed by atoms with Crippen molar-refractivity contribution in [1.29, 1.82) is 0 Å². The quantitative estimate of drug-likeness (QED) is 0.775. The van der Waals surface area contributed by atoms with Crippen molar-refractivity contribution in [3.8, 4) is 0 Å². The summed E-state index contributed by atoms with van der Waals surface area (Å²) in [5, 5.41) is 13.8. The first-order chi connectivity index (χ1) is 13.3. The molecular weight excluding hydrogens is 358 g/mol. The lowest BCUT2D eigenvalue weighted by Gasteiger charge is -2.18. The molecule has 148 valence electrons. The van der Waals surface area contributed by atoms with Crippen molar-refractivity contribution in [2.45, 2.75) is 46.1 Å². The van der Waals surface area contributed by atoms with Crippen LogP contribution in [-0.4, -0.2) is 50.5 Å². The molecule has 1 aliphatic rings. The normalized spacial score (nSPS) is 16.4. The molecule has 0 unspecified atom stereocenters. The number of benzene rings is 1. The third kappa shape index (κ3) is 3.83. The summed E-state index contributed by atoms with van der Waals surface area (Å²) in [6, 6.07) is 7.00. The summed E-state index contributed by atoms with van der Waals surface area (Å²) in [7, 11) is 0. The maximum absolute atomic E-state index is 12.7. The minimum absolute atomic E-state index is 0.0206. The van der Waals surface area contributed by atoms with Crippen molar-refractivity contribution in [3.63, 3.8) is 0 Å². The second-order valence-corrected chi connectivity index (χ2v) is 7.29. The largest absolute Gasteiger partial charge is 0.478 e. The number of ketones is 1. The van der Waals surface area contributed by atoms with Gasteiger partial charge in [-0.25, -0.2) is 4.79 Å². The van der Waals surface area contributed by atoms with Gasteiger partial charge in [0.05, 0.1) is 16.8 Å². The number of hydrogen-bond donors (Lipinski definition) is 1. The van der Waals surface area contributed by atoms with E-state index in [9.17, 15) is 19.5 Å². The van der Waals surface area contributed by atoms with Crippen LogP contribution in [0.3, 0.4) is 0 Å². The summed E-state index contributed by atoms with van der Waals surface area (Å²) in [6.07, 6.45) is 1.05. The van der Waals surface area contributed by atoms with Gasteiger partial charge in [-0.2, -0.15) is 5.10 Å². The van der Waals surface area contributed by atoms with Gasteiger partial charge in [-0.15, -0.1) is 0 Å². The number of carbonyl (C=O) groups is 3. The SMILES string of the molecule is CC(=O)c1c(C)nn(CCC(=O)N2CC[C@@H](c3ccccc3C(=O)O)C2)c1C. The van der Waals surface area contributed by atoms with Crippen LogP contribution < -0.4 is 0 Å². The second-order valence-electron chi connectivity index (χ2n) is 7.29. The Morgan fingerprint density at radius 3 is 2.57 bits per heavy atom. The van der Waals surface area contributed by atoms with E-state index in [0.29, 0.717) is 42.9 Å². The molecule has 7 nitrogen and oxygen atoms in total. The van der Waals surface area contributed by atoms with Gasteiger partial charge in [0, 0.05) is 37.7 Å². The summed E-state index contributed by atoms with van der Waals surface area (Å²) in [5.41, 5.74) is 3.19. The zero-order valence-electron chi connectivity index (χ0n) is 16.4. The van der Waals surface area contributed by atoms with Crippen LogP contribution in [0, 0.1) is 13.8 Å². The van der Waals surface area contributed by atoms with E-state index in [4.69, 9.17) is 0 Å². The third-order valence-electron chi connectivity index (χ3n) is 5.44. The molecule has 2 heterocycles. The highest BCUT2D eigenvalue weighted by Gasteiger charge is 2.29. The molecule has 1 atom stereocenters. The van der Waals surface area contributed by atoms with Gasteiger partial charge in [-0.3, -0.25) is 14.3 Å². The van der Waals surface area contributed by atoms with Crippen LogP contribution in [0.4, 0.5) is 0 Å².